The number of aliphatic carboxylic acids is 1. The van der Waals surface area contributed by atoms with Crippen LogP contribution in [-0.2, 0) is 4.79 Å². The summed E-state index contributed by atoms with van der Waals surface area (Å²) in [5.74, 6) is 0.0637. The number of nitrogens with zero attached hydrogens (tertiary/aromatic N) is 1. The zero-order valence-corrected chi connectivity index (χ0v) is 15.8. The number of ether oxygens (including phenoxy) is 1. The molecule has 0 bridgehead atoms. The topological polar surface area (TPSA) is 49.8 Å². The van der Waals surface area contributed by atoms with Gasteiger partial charge in [0.1, 0.15) is 11.8 Å². The summed E-state index contributed by atoms with van der Waals surface area (Å²) in [5, 5.41) is 9.64. The number of rotatable bonds is 6. The minimum Gasteiger partial charge on any atom is -0.494 e. The number of hydrogen-bond acceptors (Lipinski definition) is 3. The minimum atomic E-state index is -0.749. The van der Waals surface area contributed by atoms with E-state index in [0.29, 0.717) is 13.0 Å². The Kier molecular flexibility index (Phi) is 5.76. The lowest BCUT2D eigenvalue weighted by molar-refractivity contribution is -0.142. The fraction of sp³-hybridized carbons (Fsp3) is 0.350. The minimum absolute atomic E-state index is 0.0999. The Bertz CT molecular complexity index is 732. The van der Waals surface area contributed by atoms with Gasteiger partial charge in [0.25, 0.3) is 0 Å². The maximum Gasteiger partial charge on any atom is 0.320 e. The normalized spacial score (nSPS) is 18.9. The quantitative estimate of drug-likeness (QED) is 0.771. The predicted octanol–water partition coefficient (Wildman–Crippen LogP) is 4.49. The molecule has 1 saturated heterocycles. The molecular formula is C20H22BrNO3. The summed E-state index contributed by atoms with van der Waals surface area (Å²) in [7, 11) is 0. The average Bonchev–Trinajstić information content (AvgIpc) is 3.07. The van der Waals surface area contributed by atoms with Crippen molar-refractivity contribution in [2.24, 2.45) is 0 Å². The van der Waals surface area contributed by atoms with E-state index in [9.17, 15) is 9.90 Å². The van der Waals surface area contributed by atoms with Crippen molar-refractivity contribution in [2.45, 2.75) is 31.8 Å². The molecule has 1 aliphatic rings. The molecule has 0 aromatic heterocycles. The lowest BCUT2D eigenvalue weighted by Crippen LogP contribution is -2.39. The summed E-state index contributed by atoms with van der Waals surface area (Å²) in [4.78, 5) is 13.8. The van der Waals surface area contributed by atoms with Gasteiger partial charge in [-0.05, 0) is 55.2 Å². The van der Waals surface area contributed by atoms with E-state index in [2.05, 4.69) is 33.0 Å². The molecule has 2 aromatic carbocycles. The number of halogens is 1. The molecule has 3 rings (SSSR count). The van der Waals surface area contributed by atoms with Crippen molar-refractivity contribution in [3.05, 3.63) is 64.1 Å². The Labute approximate surface area is 156 Å². The molecule has 5 heteroatoms. The van der Waals surface area contributed by atoms with Crippen LogP contribution < -0.4 is 4.74 Å². The second kappa shape index (κ2) is 8.02. The second-order valence-corrected chi connectivity index (χ2v) is 7.11. The van der Waals surface area contributed by atoms with Crippen LogP contribution in [0, 0.1) is 0 Å². The van der Waals surface area contributed by atoms with Crippen LogP contribution in [0.3, 0.4) is 0 Å². The summed E-state index contributed by atoms with van der Waals surface area (Å²) in [6.45, 7) is 3.34. The van der Waals surface area contributed by atoms with Crippen LogP contribution >= 0.6 is 15.9 Å². The fourth-order valence-electron chi connectivity index (χ4n) is 3.52. The SMILES string of the molecule is CCOc1cccc(C(c2ccc(Br)cc2)N2CCCC2C(=O)O)c1. The highest BCUT2D eigenvalue weighted by atomic mass is 79.9. The molecule has 25 heavy (non-hydrogen) atoms. The van der Waals surface area contributed by atoms with E-state index in [1.165, 1.54) is 0 Å². The summed E-state index contributed by atoms with van der Waals surface area (Å²) in [6.07, 6.45) is 1.59. The largest absolute Gasteiger partial charge is 0.494 e. The van der Waals surface area contributed by atoms with E-state index < -0.39 is 12.0 Å². The van der Waals surface area contributed by atoms with Gasteiger partial charge in [-0.3, -0.25) is 9.69 Å². The number of carbonyl (C=O) groups is 1. The molecule has 1 aliphatic heterocycles. The Morgan fingerprint density at radius 3 is 2.72 bits per heavy atom. The summed E-state index contributed by atoms with van der Waals surface area (Å²) >= 11 is 3.47. The molecule has 2 aromatic rings. The first kappa shape index (κ1) is 18.0. The second-order valence-electron chi connectivity index (χ2n) is 6.19. The molecule has 2 atom stereocenters. The van der Waals surface area contributed by atoms with Crippen LogP contribution in [0.1, 0.15) is 36.9 Å². The Hall–Kier alpha value is -1.85. The van der Waals surface area contributed by atoms with Crippen LogP contribution in [0.25, 0.3) is 0 Å². The number of benzene rings is 2. The Morgan fingerprint density at radius 1 is 1.28 bits per heavy atom. The molecule has 0 amide bonds. The number of carboxylic acids is 1. The monoisotopic (exact) mass is 403 g/mol. The highest BCUT2D eigenvalue weighted by Crippen LogP contribution is 2.36. The van der Waals surface area contributed by atoms with Gasteiger partial charge < -0.3 is 9.84 Å². The van der Waals surface area contributed by atoms with Gasteiger partial charge in [0, 0.05) is 11.0 Å². The van der Waals surface area contributed by atoms with E-state index in [4.69, 9.17) is 4.74 Å². The van der Waals surface area contributed by atoms with Gasteiger partial charge in [0.2, 0.25) is 0 Å². The number of carboxylic acid groups (broad SMARTS) is 1. The lowest BCUT2D eigenvalue weighted by Gasteiger charge is -2.32. The predicted molar refractivity (Wildman–Crippen MR) is 101 cm³/mol. The molecule has 2 unspecified atom stereocenters. The van der Waals surface area contributed by atoms with E-state index >= 15 is 0 Å². The van der Waals surface area contributed by atoms with Crippen molar-refractivity contribution in [1.29, 1.82) is 0 Å². The standard InChI is InChI=1S/C20H22BrNO3/c1-2-25-17-6-3-5-15(13-17)19(14-8-10-16(21)11-9-14)22-12-4-7-18(22)20(23)24/h3,5-6,8-11,13,18-19H,2,4,7,12H2,1H3,(H,23,24). The Balaban J connectivity index is 2.04. The van der Waals surface area contributed by atoms with Crippen molar-refractivity contribution in [3.63, 3.8) is 0 Å². The van der Waals surface area contributed by atoms with Crippen LogP contribution in [-0.4, -0.2) is 35.2 Å². The van der Waals surface area contributed by atoms with Crippen LogP contribution in [0.2, 0.25) is 0 Å². The smallest absolute Gasteiger partial charge is 0.320 e. The van der Waals surface area contributed by atoms with Gasteiger partial charge in [-0.1, -0.05) is 40.2 Å². The summed E-state index contributed by atoms with van der Waals surface area (Å²) in [5.41, 5.74) is 2.14. The van der Waals surface area contributed by atoms with Gasteiger partial charge in [0.05, 0.1) is 12.6 Å². The molecule has 132 valence electrons. The Morgan fingerprint density at radius 2 is 2.04 bits per heavy atom. The van der Waals surface area contributed by atoms with Crippen molar-refractivity contribution in [1.82, 2.24) is 4.90 Å². The first-order valence-electron chi connectivity index (χ1n) is 8.57. The molecule has 4 nitrogen and oxygen atoms in total. The average molecular weight is 404 g/mol. The van der Waals surface area contributed by atoms with Crippen LogP contribution in [0.15, 0.2) is 53.0 Å². The van der Waals surface area contributed by atoms with Gasteiger partial charge in [-0.2, -0.15) is 0 Å². The van der Waals surface area contributed by atoms with Gasteiger partial charge >= 0.3 is 5.97 Å². The highest BCUT2D eigenvalue weighted by Gasteiger charge is 2.36. The first-order valence-corrected chi connectivity index (χ1v) is 9.36. The zero-order chi connectivity index (χ0) is 17.8. The zero-order valence-electron chi connectivity index (χ0n) is 14.2. The maximum atomic E-state index is 11.7. The molecule has 1 fully saturated rings. The van der Waals surface area contributed by atoms with Crippen molar-refractivity contribution in [3.8, 4) is 5.75 Å². The van der Waals surface area contributed by atoms with Gasteiger partial charge in [-0.15, -0.1) is 0 Å². The van der Waals surface area contributed by atoms with E-state index in [-0.39, 0.29) is 6.04 Å². The molecule has 0 radical (unpaired) electrons. The third-order valence-corrected chi connectivity index (χ3v) is 5.11. The molecule has 0 aliphatic carbocycles. The van der Waals surface area contributed by atoms with Crippen molar-refractivity contribution in [2.75, 3.05) is 13.2 Å². The van der Waals surface area contributed by atoms with Crippen LogP contribution in [0.4, 0.5) is 0 Å². The lowest BCUT2D eigenvalue weighted by atomic mass is 9.96. The van der Waals surface area contributed by atoms with Crippen molar-refractivity contribution >= 4 is 21.9 Å². The summed E-state index contributed by atoms with van der Waals surface area (Å²) < 4.78 is 6.65. The highest BCUT2D eigenvalue weighted by molar-refractivity contribution is 9.10. The molecule has 1 heterocycles. The fourth-order valence-corrected chi connectivity index (χ4v) is 3.79. The number of likely N-dealkylation sites (tertiary alicyclic amines) is 1. The number of hydrogen-bond donors (Lipinski definition) is 1. The van der Waals surface area contributed by atoms with Gasteiger partial charge in [-0.25, -0.2) is 0 Å². The third kappa shape index (κ3) is 4.05. The van der Waals surface area contributed by atoms with E-state index in [1.54, 1.807) is 0 Å². The molecule has 0 saturated carbocycles. The molecule has 0 spiro atoms. The summed E-state index contributed by atoms with van der Waals surface area (Å²) in [6, 6.07) is 15.5. The van der Waals surface area contributed by atoms with Crippen LogP contribution in [0.5, 0.6) is 5.75 Å². The van der Waals surface area contributed by atoms with E-state index in [1.807, 2.05) is 43.3 Å². The van der Waals surface area contributed by atoms with E-state index in [0.717, 1.165) is 34.3 Å². The molecule has 1 N–H and O–H groups in total. The first-order chi connectivity index (χ1) is 12.1. The maximum absolute atomic E-state index is 11.7. The van der Waals surface area contributed by atoms with Gasteiger partial charge in [0.15, 0.2) is 0 Å². The molecular weight excluding hydrogens is 382 g/mol. The third-order valence-electron chi connectivity index (χ3n) is 4.58. The van der Waals surface area contributed by atoms with Crippen molar-refractivity contribution < 1.29 is 14.6 Å².